The molecule has 0 atom stereocenters. The van der Waals surface area contributed by atoms with Crippen molar-refractivity contribution in [2.45, 2.75) is 6.92 Å². The summed E-state index contributed by atoms with van der Waals surface area (Å²) in [6.07, 6.45) is 1.77. The number of pyridine rings is 1. The van der Waals surface area contributed by atoms with Gasteiger partial charge >= 0.3 is 0 Å². The molecule has 1 aliphatic heterocycles. The van der Waals surface area contributed by atoms with Crippen LogP contribution in [0.4, 0.5) is 11.5 Å². The van der Waals surface area contributed by atoms with Crippen molar-refractivity contribution < 1.29 is 9.53 Å². The van der Waals surface area contributed by atoms with Crippen LogP contribution in [0.3, 0.4) is 0 Å². The van der Waals surface area contributed by atoms with Gasteiger partial charge in [0.05, 0.1) is 13.2 Å². The number of nitrogens with one attached hydrogen (secondary N) is 1. The molecule has 1 aromatic carbocycles. The zero-order valence-electron chi connectivity index (χ0n) is 15.3. The zero-order chi connectivity index (χ0) is 19.5. The second-order valence-electron chi connectivity index (χ2n) is 6.46. The molecule has 1 N–H and O–H groups in total. The Balaban J connectivity index is 1.50. The van der Waals surface area contributed by atoms with Crippen LogP contribution in [-0.4, -0.2) is 42.2 Å². The fourth-order valence-corrected chi connectivity index (χ4v) is 3.87. The number of benzene rings is 1. The predicted molar refractivity (Wildman–Crippen MR) is 113 cm³/mol. The minimum atomic E-state index is -0.259. The zero-order valence-corrected chi connectivity index (χ0v) is 16.9. The maximum absolute atomic E-state index is 12.5. The fourth-order valence-electron chi connectivity index (χ4n) is 2.89. The summed E-state index contributed by atoms with van der Waals surface area (Å²) in [6, 6.07) is 9.34. The lowest BCUT2D eigenvalue weighted by molar-refractivity contribution is 0.102. The van der Waals surface area contributed by atoms with Gasteiger partial charge in [-0.3, -0.25) is 4.79 Å². The molecule has 4 rings (SSSR count). The Labute approximate surface area is 172 Å². The molecular formula is C20H19ClN4O2S. The van der Waals surface area contributed by atoms with Crippen LogP contribution in [0.2, 0.25) is 5.02 Å². The predicted octanol–water partition coefficient (Wildman–Crippen LogP) is 4.26. The Morgan fingerprint density at radius 1 is 1.25 bits per heavy atom. The summed E-state index contributed by atoms with van der Waals surface area (Å²) in [5, 5.41) is 6.00. The van der Waals surface area contributed by atoms with E-state index in [9.17, 15) is 4.79 Å². The highest BCUT2D eigenvalue weighted by Gasteiger charge is 2.16. The van der Waals surface area contributed by atoms with Crippen LogP contribution in [0.5, 0.6) is 0 Å². The van der Waals surface area contributed by atoms with Gasteiger partial charge in [0.15, 0.2) is 0 Å². The van der Waals surface area contributed by atoms with Crippen LogP contribution < -0.4 is 10.2 Å². The summed E-state index contributed by atoms with van der Waals surface area (Å²) in [7, 11) is 0. The third-order valence-corrected chi connectivity index (χ3v) is 5.79. The number of aryl methyl sites for hydroxylation is 1. The Hall–Kier alpha value is -2.48. The van der Waals surface area contributed by atoms with Crippen LogP contribution in [0.25, 0.3) is 10.6 Å². The van der Waals surface area contributed by atoms with Crippen molar-refractivity contribution in [2.24, 2.45) is 0 Å². The van der Waals surface area contributed by atoms with Crippen LogP contribution in [-0.2, 0) is 4.74 Å². The van der Waals surface area contributed by atoms with Crippen molar-refractivity contribution in [1.29, 1.82) is 0 Å². The molecule has 28 heavy (non-hydrogen) atoms. The first kappa shape index (κ1) is 18.9. The third-order valence-electron chi connectivity index (χ3n) is 4.49. The number of anilines is 2. The van der Waals surface area contributed by atoms with E-state index in [0.717, 1.165) is 35.0 Å². The van der Waals surface area contributed by atoms with Crippen molar-refractivity contribution >= 4 is 40.4 Å². The molecule has 8 heteroatoms. The molecule has 0 saturated carbocycles. The van der Waals surface area contributed by atoms with E-state index in [0.29, 0.717) is 29.6 Å². The van der Waals surface area contributed by atoms with E-state index in [1.54, 1.807) is 17.6 Å². The van der Waals surface area contributed by atoms with Crippen molar-refractivity contribution in [3.05, 3.63) is 58.2 Å². The number of aromatic nitrogens is 2. The molecular weight excluding hydrogens is 396 g/mol. The number of nitrogens with zero attached hydrogens (tertiary/aromatic N) is 3. The van der Waals surface area contributed by atoms with Gasteiger partial charge in [0, 0.05) is 40.9 Å². The Morgan fingerprint density at radius 2 is 2.07 bits per heavy atom. The summed E-state index contributed by atoms with van der Waals surface area (Å²) in [5.74, 6) is 0.640. The number of halogens is 1. The minimum Gasteiger partial charge on any atom is -0.378 e. The molecule has 3 heterocycles. The number of morpholine rings is 1. The van der Waals surface area contributed by atoms with Crippen LogP contribution >= 0.6 is 22.9 Å². The molecule has 0 spiro atoms. The van der Waals surface area contributed by atoms with Gasteiger partial charge in [-0.25, -0.2) is 9.97 Å². The first-order chi connectivity index (χ1) is 13.6. The van der Waals surface area contributed by atoms with Gasteiger partial charge in [0.25, 0.3) is 5.91 Å². The monoisotopic (exact) mass is 414 g/mol. The van der Waals surface area contributed by atoms with Crippen LogP contribution in [0.15, 0.2) is 41.9 Å². The molecule has 0 aliphatic carbocycles. The first-order valence-electron chi connectivity index (χ1n) is 8.92. The van der Waals surface area contributed by atoms with E-state index in [1.165, 1.54) is 11.3 Å². The highest BCUT2D eigenvalue weighted by Crippen LogP contribution is 2.27. The lowest BCUT2D eigenvalue weighted by Gasteiger charge is -2.27. The molecule has 1 fully saturated rings. The highest BCUT2D eigenvalue weighted by atomic mass is 35.5. The van der Waals surface area contributed by atoms with E-state index in [2.05, 4.69) is 20.2 Å². The number of thiazole rings is 1. The van der Waals surface area contributed by atoms with Gasteiger partial charge in [0.2, 0.25) is 0 Å². The van der Waals surface area contributed by atoms with Crippen LogP contribution in [0.1, 0.15) is 16.1 Å². The van der Waals surface area contributed by atoms with E-state index < -0.39 is 0 Å². The summed E-state index contributed by atoms with van der Waals surface area (Å²) in [4.78, 5) is 23.7. The topological polar surface area (TPSA) is 67.4 Å². The molecule has 1 amide bonds. The minimum absolute atomic E-state index is 0.259. The van der Waals surface area contributed by atoms with Gasteiger partial charge in [-0.1, -0.05) is 17.7 Å². The summed E-state index contributed by atoms with van der Waals surface area (Å²) >= 11 is 7.56. The van der Waals surface area contributed by atoms with Crippen molar-refractivity contribution in [2.75, 3.05) is 36.5 Å². The quantitative estimate of drug-likeness (QED) is 0.691. The molecule has 1 saturated heterocycles. The normalized spacial score (nSPS) is 14.1. The number of rotatable bonds is 4. The number of carbonyl (C=O) groups excluding carboxylic acids is 1. The largest absolute Gasteiger partial charge is 0.378 e. The molecule has 6 nitrogen and oxygen atoms in total. The number of hydrogen-bond acceptors (Lipinski definition) is 6. The second kappa shape index (κ2) is 8.26. The average molecular weight is 415 g/mol. The average Bonchev–Trinajstić information content (AvgIpc) is 3.22. The Morgan fingerprint density at radius 3 is 2.86 bits per heavy atom. The SMILES string of the molecule is Cc1ccc(NC(=O)c2csc(-c3ccnc(N4CCOCC4)c3)n2)cc1Cl. The van der Waals surface area contributed by atoms with Crippen molar-refractivity contribution in [3.63, 3.8) is 0 Å². The molecule has 144 valence electrons. The van der Waals surface area contributed by atoms with Gasteiger partial charge in [-0.2, -0.15) is 0 Å². The van der Waals surface area contributed by atoms with E-state index in [1.807, 2.05) is 31.2 Å². The van der Waals surface area contributed by atoms with E-state index >= 15 is 0 Å². The Kier molecular flexibility index (Phi) is 5.57. The van der Waals surface area contributed by atoms with Gasteiger partial charge in [-0.05, 0) is 36.8 Å². The number of amides is 1. The van der Waals surface area contributed by atoms with Gasteiger partial charge < -0.3 is 15.0 Å². The lowest BCUT2D eigenvalue weighted by Crippen LogP contribution is -2.36. The number of ether oxygens (including phenoxy) is 1. The molecule has 3 aromatic rings. The lowest BCUT2D eigenvalue weighted by atomic mass is 10.2. The Bertz CT molecular complexity index is 1000. The number of carbonyl (C=O) groups is 1. The smallest absolute Gasteiger partial charge is 0.275 e. The molecule has 0 unspecified atom stereocenters. The van der Waals surface area contributed by atoms with E-state index in [4.69, 9.17) is 16.3 Å². The fraction of sp³-hybridized carbons (Fsp3) is 0.250. The second-order valence-corrected chi connectivity index (χ2v) is 7.72. The summed E-state index contributed by atoms with van der Waals surface area (Å²) in [5.41, 5.74) is 2.93. The molecule has 0 radical (unpaired) electrons. The van der Waals surface area contributed by atoms with E-state index in [-0.39, 0.29) is 5.91 Å². The van der Waals surface area contributed by atoms with Crippen LogP contribution in [0, 0.1) is 6.92 Å². The van der Waals surface area contributed by atoms with Gasteiger partial charge in [0.1, 0.15) is 16.5 Å². The number of hydrogen-bond donors (Lipinski definition) is 1. The maximum Gasteiger partial charge on any atom is 0.275 e. The standard InChI is InChI=1S/C20H19ClN4O2S/c1-13-2-3-15(11-16(13)21)23-19(26)17-12-28-20(24-17)14-4-5-22-18(10-14)25-6-8-27-9-7-25/h2-5,10-12H,6-9H2,1H3,(H,23,26). The molecule has 1 aliphatic rings. The van der Waals surface area contributed by atoms with Gasteiger partial charge in [-0.15, -0.1) is 11.3 Å². The van der Waals surface area contributed by atoms with Crippen molar-refractivity contribution in [1.82, 2.24) is 9.97 Å². The summed E-state index contributed by atoms with van der Waals surface area (Å²) in [6.45, 7) is 4.97. The first-order valence-corrected chi connectivity index (χ1v) is 10.2. The molecule has 2 aromatic heterocycles. The van der Waals surface area contributed by atoms with Crippen molar-refractivity contribution in [3.8, 4) is 10.6 Å². The maximum atomic E-state index is 12.5. The summed E-state index contributed by atoms with van der Waals surface area (Å²) < 4.78 is 5.40. The third kappa shape index (κ3) is 4.16. The highest BCUT2D eigenvalue weighted by molar-refractivity contribution is 7.13. The molecule has 0 bridgehead atoms.